The van der Waals surface area contributed by atoms with Crippen molar-refractivity contribution in [1.82, 2.24) is 0 Å². The number of halogens is 1. The molecule has 106 valence electrons. The van der Waals surface area contributed by atoms with Crippen LogP contribution in [-0.2, 0) is 12.8 Å². The van der Waals surface area contributed by atoms with Gasteiger partial charge in [0, 0.05) is 24.3 Å². The number of aryl methyl sites for hydroxylation is 1. The van der Waals surface area contributed by atoms with Crippen LogP contribution in [-0.4, -0.2) is 12.5 Å². The number of nitrogens with one attached hydrogen (secondary N) is 2. The second-order valence-electron chi connectivity index (χ2n) is 4.62. The van der Waals surface area contributed by atoms with Gasteiger partial charge < -0.3 is 15.1 Å². The van der Waals surface area contributed by atoms with Crippen molar-refractivity contribution in [3.05, 3.63) is 47.4 Å². The molecule has 0 atom stereocenters. The van der Waals surface area contributed by atoms with Crippen LogP contribution in [0.15, 0.2) is 34.7 Å². The fraction of sp³-hybridized carbons (Fsp3) is 0.267. The minimum Gasteiger partial charge on any atom is -0.456 e. The van der Waals surface area contributed by atoms with Crippen molar-refractivity contribution in [2.24, 2.45) is 0 Å². The number of rotatable bonds is 3. The largest absolute Gasteiger partial charge is 0.456 e. The first-order chi connectivity index (χ1) is 9.26. The van der Waals surface area contributed by atoms with E-state index in [2.05, 4.69) is 10.6 Å². The second kappa shape index (κ2) is 6.01. The maximum Gasteiger partial charge on any atom is 0.291 e. The molecule has 5 heteroatoms. The molecule has 0 unspecified atom stereocenters. The summed E-state index contributed by atoms with van der Waals surface area (Å²) < 4.78 is 5.44. The summed E-state index contributed by atoms with van der Waals surface area (Å²) in [6.45, 7) is 2.96. The van der Waals surface area contributed by atoms with E-state index in [1.54, 1.807) is 6.07 Å². The van der Waals surface area contributed by atoms with E-state index in [0.29, 0.717) is 5.76 Å². The average molecular weight is 293 g/mol. The van der Waals surface area contributed by atoms with Crippen LogP contribution in [0.25, 0.3) is 0 Å². The lowest BCUT2D eigenvalue weighted by Crippen LogP contribution is -2.10. The van der Waals surface area contributed by atoms with E-state index in [9.17, 15) is 4.79 Å². The molecule has 2 aromatic rings. The molecule has 2 N–H and O–H groups in total. The van der Waals surface area contributed by atoms with Gasteiger partial charge in [-0.3, -0.25) is 4.79 Å². The highest BCUT2D eigenvalue weighted by Crippen LogP contribution is 2.25. The number of hydrogen-bond acceptors (Lipinski definition) is 3. The van der Waals surface area contributed by atoms with Crippen LogP contribution in [0.4, 0.5) is 11.4 Å². The number of carbonyl (C=O) groups is 1. The lowest BCUT2D eigenvalue weighted by atomic mass is 10.1. The van der Waals surface area contributed by atoms with Gasteiger partial charge in [0.2, 0.25) is 0 Å². The first-order valence-corrected chi connectivity index (χ1v) is 6.53. The third kappa shape index (κ3) is 2.80. The standard InChI is InChI=1S/C15H16N2O2.ClH/c1-2-12-4-6-14(19-12)15(18)17-11-3-5-13-10(9-11)7-8-16-13;/h3-6,9,16H,2,7-8H2,1H3,(H,17,18);1H. The Morgan fingerprint density at radius 2 is 2.20 bits per heavy atom. The molecule has 0 bridgehead atoms. The van der Waals surface area contributed by atoms with Crippen LogP contribution in [0.1, 0.15) is 28.8 Å². The molecule has 0 saturated heterocycles. The van der Waals surface area contributed by atoms with E-state index in [1.807, 2.05) is 31.2 Å². The Bertz CT molecular complexity index is 622. The number of hydrogen-bond donors (Lipinski definition) is 2. The van der Waals surface area contributed by atoms with E-state index < -0.39 is 0 Å². The van der Waals surface area contributed by atoms with Crippen molar-refractivity contribution in [3.63, 3.8) is 0 Å². The fourth-order valence-corrected chi connectivity index (χ4v) is 2.27. The molecule has 1 aliphatic rings. The van der Waals surface area contributed by atoms with Crippen LogP contribution in [0.5, 0.6) is 0 Å². The van der Waals surface area contributed by atoms with Crippen LogP contribution < -0.4 is 10.6 Å². The van der Waals surface area contributed by atoms with Gasteiger partial charge in [0.05, 0.1) is 0 Å². The Labute approximate surface area is 124 Å². The summed E-state index contributed by atoms with van der Waals surface area (Å²) in [6, 6.07) is 9.46. The van der Waals surface area contributed by atoms with E-state index in [4.69, 9.17) is 4.42 Å². The van der Waals surface area contributed by atoms with Gasteiger partial charge in [-0.2, -0.15) is 0 Å². The van der Waals surface area contributed by atoms with Crippen LogP contribution in [0.3, 0.4) is 0 Å². The molecule has 0 fully saturated rings. The molecule has 0 radical (unpaired) electrons. The highest BCUT2D eigenvalue weighted by atomic mass is 35.5. The maximum atomic E-state index is 12.0. The second-order valence-corrected chi connectivity index (χ2v) is 4.62. The molecular weight excluding hydrogens is 276 g/mol. The molecular formula is C15H17ClN2O2. The first kappa shape index (κ1) is 14.5. The third-order valence-electron chi connectivity index (χ3n) is 3.31. The van der Waals surface area contributed by atoms with Crippen molar-refractivity contribution in [1.29, 1.82) is 0 Å². The smallest absolute Gasteiger partial charge is 0.291 e. The summed E-state index contributed by atoms with van der Waals surface area (Å²) in [4.78, 5) is 12.0. The van der Waals surface area contributed by atoms with E-state index in [0.717, 1.165) is 36.5 Å². The molecule has 1 aliphatic heterocycles. The Kier molecular flexibility index (Phi) is 4.35. The average Bonchev–Trinajstić information content (AvgIpc) is 3.06. The zero-order valence-electron chi connectivity index (χ0n) is 11.2. The van der Waals surface area contributed by atoms with Gasteiger partial charge in [-0.1, -0.05) is 6.92 Å². The van der Waals surface area contributed by atoms with E-state index >= 15 is 0 Å². The van der Waals surface area contributed by atoms with Gasteiger partial charge in [0.1, 0.15) is 5.76 Å². The van der Waals surface area contributed by atoms with Gasteiger partial charge in [-0.15, -0.1) is 12.4 Å². The molecule has 1 aromatic heterocycles. The molecule has 0 spiro atoms. The quantitative estimate of drug-likeness (QED) is 0.910. The Morgan fingerprint density at radius 3 is 2.95 bits per heavy atom. The van der Waals surface area contributed by atoms with Gasteiger partial charge >= 0.3 is 0 Å². The zero-order valence-corrected chi connectivity index (χ0v) is 12.0. The molecule has 4 nitrogen and oxygen atoms in total. The van der Waals surface area contributed by atoms with Crippen molar-refractivity contribution in [2.45, 2.75) is 19.8 Å². The molecule has 2 heterocycles. The summed E-state index contributed by atoms with van der Waals surface area (Å²) in [7, 11) is 0. The number of carbonyl (C=O) groups excluding carboxylic acids is 1. The number of anilines is 2. The van der Waals surface area contributed by atoms with Crippen molar-refractivity contribution >= 4 is 29.7 Å². The number of furan rings is 1. The molecule has 0 aliphatic carbocycles. The predicted molar refractivity (Wildman–Crippen MR) is 81.9 cm³/mol. The van der Waals surface area contributed by atoms with Gasteiger partial charge in [-0.25, -0.2) is 0 Å². The first-order valence-electron chi connectivity index (χ1n) is 6.53. The summed E-state index contributed by atoms with van der Waals surface area (Å²) >= 11 is 0. The monoisotopic (exact) mass is 292 g/mol. The number of fused-ring (bicyclic) bond motifs is 1. The number of amides is 1. The minimum absolute atomic E-state index is 0. The Morgan fingerprint density at radius 1 is 1.35 bits per heavy atom. The van der Waals surface area contributed by atoms with Gasteiger partial charge in [0.15, 0.2) is 5.76 Å². The fourth-order valence-electron chi connectivity index (χ4n) is 2.27. The zero-order chi connectivity index (χ0) is 13.2. The predicted octanol–water partition coefficient (Wildman–Crippen LogP) is 3.48. The van der Waals surface area contributed by atoms with Crippen LogP contribution in [0.2, 0.25) is 0 Å². The number of benzene rings is 1. The molecule has 20 heavy (non-hydrogen) atoms. The summed E-state index contributed by atoms with van der Waals surface area (Å²) in [5, 5.41) is 6.16. The highest BCUT2D eigenvalue weighted by molar-refractivity contribution is 6.02. The molecule has 1 aromatic carbocycles. The topological polar surface area (TPSA) is 54.3 Å². The maximum absolute atomic E-state index is 12.0. The third-order valence-corrected chi connectivity index (χ3v) is 3.31. The lowest BCUT2D eigenvalue weighted by Gasteiger charge is -2.05. The summed E-state index contributed by atoms with van der Waals surface area (Å²) in [6.07, 6.45) is 1.79. The summed E-state index contributed by atoms with van der Waals surface area (Å²) in [5.74, 6) is 0.976. The highest BCUT2D eigenvalue weighted by Gasteiger charge is 2.13. The molecule has 0 saturated carbocycles. The molecule has 1 amide bonds. The molecule has 3 rings (SSSR count). The van der Waals surface area contributed by atoms with Gasteiger partial charge in [0.25, 0.3) is 5.91 Å². The van der Waals surface area contributed by atoms with Crippen molar-refractivity contribution in [3.8, 4) is 0 Å². The normalized spacial score (nSPS) is 12.2. The lowest BCUT2D eigenvalue weighted by molar-refractivity contribution is 0.0995. The SMILES string of the molecule is CCc1ccc(C(=O)Nc2ccc3c(c2)CCN3)o1.Cl. The van der Waals surface area contributed by atoms with Crippen LogP contribution in [0, 0.1) is 0 Å². The Hall–Kier alpha value is -1.94. The van der Waals surface area contributed by atoms with Gasteiger partial charge in [-0.05, 0) is 42.3 Å². The van der Waals surface area contributed by atoms with E-state index in [1.165, 1.54) is 5.56 Å². The minimum atomic E-state index is -0.203. The van der Waals surface area contributed by atoms with E-state index in [-0.39, 0.29) is 18.3 Å². The Balaban J connectivity index is 0.00000147. The van der Waals surface area contributed by atoms with Crippen molar-refractivity contribution in [2.75, 3.05) is 17.2 Å². The summed E-state index contributed by atoms with van der Waals surface area (Å²) in [5.41, 5.74) is 3.21. The van der Waals surface area contributed by atoms with Crippen molar-refractivity contribution < 1.29 is 9.21 Å². The van der Waals surface area contributed by atoms with Crippen LogP contribution >= 0.6 is 12.4 Å².